The van der Waals surface area contributed by atoms with Crippen molar-refractivity contribution in [2.75, 3.05) is 0 Å². The molecule has 0 bridgehead atoms. The van der Waals surface area contributed by atoms with Crippen molar-refractivity contribution in [1.29, 1.82) is 0 Å². The number of halogens is 3. The topological polar surface area (TPSA) is 31.5 Å². The molecule has 1 nitrogen and oxygen atoms in total. The fraction of sp³-hybridized carbons (Fsp3) is 0.333. The maximum absolute atomic E-state index is 13.3. The second-order valence-electron chi connectivity index (χ2n) is 8.93. The van der Waals surface area contributed by atoms with Crippen LogP contribution in [0.3, 0.4) is 0 Å². The summed E-state index contributed by atoms with van der Waals surface area (Å²) in [6, 6.07) is 20.5. The number of hydrogen-bond donors (Lipinski definition) is 0. The molecule has 3 aromatic carbocycles. The third-order valence-corrected chi connectivity index (χ3v) is 10.5. The summed E-state index contributed by atoms with van der Waals surface area (Å²) in [4.78, 5) is 0. The normalized spacial score (nSPS) is 13.7. The van der Waals surface area contributed by atoms with Crippen LogP contribution in [0.15, 0.2) is 72.8 Å². The van der Waals surface area contributed by atoms with E-state index in [4.69, 9.17) is 0 Å². The largest absolute Gasteiger partial charge is 0.412 e. The molecule has 3 aromatic rings. The summed E-state index contributed by atoms with van der Waals surface area (Å²) in [5.41, 5.74) is 3.51. The average Bonchev–Trinajstić information content (AvgIpc) is 2.75. The van der Waals surface area contributed by atoms with Gasteiger partial charge < -0.3 is 5.48 Å². The van der Waals surface area contributed by atoms with Crippen molar-refractivity contribution in [3.63, 3.8) is 0 Å². The first-order valence-corrected chi connectivity index (χ1v) is 13.5. The molecule has 3 unspecified atom stereocenters. The quantitative estimate of drug-likeness (QED) is 0.299. The van der Waals surface area contributed by atoms with Gasteiger partial charge in [0.2, 0.25) is 0 Å². The van der Waals surface area contributed by atoms with Crippen molar-refractivity contribution in [3.8, 4) is 0 Å². The molecule has 0 aliphatic heterocycles. The molecule has 32 heavy (non-hydrogen) atoms. The standard InChI is InChI=1S/3C9H10F.Al.H2O/c3*1-7(2)8-3-5-9(10)6-4-8;;/h3*3-7H,1H2,2H3;;1H2. The van der Waals surface area contributed by atoms with Gasteiger partial charge in [-0.1, -0.05) is 73.0 Å². The summed E-state index contributed by atoms with van der Waals surface area (Å²) in [5.74, 6) is 0.452. The van der Waals surface area contributed by atoms with Crippen molar-refractivity contribution in [3.05, 3.63) is 107 Å². The Bertz CT molecular complexity index is 815. The molecule has 3 atom stereocenters. The van der Waals surface area contributed by atoms with Crippen LogP contribution >= 0.6 is 0 Å². The summed E-state index contributed by atoms with van der Waals surface area (Å²) in [6.07, 6.45) is 0. The van der Waals surface area contributed by atoms with Crippen LogP contribution in [0.25, 0.3) is 0 Å². The molecule has 0 spiro atoms. The molecule has 0 saturated carbocycles. The SMILES string of the molecule is CC([CH2][Al]([CH2]C(C)c1ccc(F)cc1)[CH2]C(C)c1ccc(F)cc1)c1ccc(F)cc1.O. The molecule has 5 heteroatoms. The van der Waals surface area contributed by atoms with Crippen molar-refractivity contribution in [2.45, 2.75) is 54.4 Å². The zero-order valence-corrected chi connectivity index (χ0v) is 20.1. The third-order valence-electron chi connectivity index (χ3n) is 6.38. The Labute approximate surface area is 194 Å². The average molecular weight is 457 g/mol. The van der Waals surface area contributed by atoms with Crippen molar-refractivity contribution < 1.29 is 18.6 Å². The van der Waals surface area contributed by atoms with Gasteiger partial charge in [0.1, 0.15) is 17.5 Å². The molecule has 3 rings (SSSR count). The lowest BCUT2D eigenvalue weighted by molar-refractivity contribution is 0.626. The Hall–Kier alpha value is -2.06. The predicted octanol–water partition coefficient (Wildman–Crippen LogP) is 7.48. The Kier molecular flexibility index (Phi) is 10.0. The van der Waals surface area contributed by atoms with Gasteiger partial charge in [0.15, 0.2) is 0 Å². The van der Waals surface area contributed by atoms with Crippen LogP contribution in [0, 0.1) is 17.5 Å². The lowest BCUT2D eigenvalue weighted by atomic mass is 10.0. The van der Waals surface area contributed by atoms with Crippen molar-refractivity contribution in [2.24, 2.45) is 0 Å². The zero-order valence-electron chi connectivity index (χ0n) is 19.0. The summed E-state index contributed by atoms with van der Waals surface area (Å²) < 4.78 is 40.0. The van der Waals surface area contributed by atoms with E-state index < -0.39 is 14.1 Å². The maximum atomic E-state index is 13.3. The molecule has 170 valence electrons. The van der Waals surface area contributed by atoms with Gasteiger partial charge in [-0.15, -0.1) is 0 Å². The van der Waals surface area contributed by atoms with E-state index in [0.29, 0.717) is 17.8 Å². The van der Waals surface area contributed by atoms with Gasteiger partial charge in [-0.3, -0.25) is 0 Å². The molecule has 2 N–H and O–H groups in total. The molecule has 0 heterocycles. The molecule has 0 aliphatic rings. The van der Waals surface area contributed by atoms with E-state index in [1.165, 1.54) is 53.1 Å². The predicted molar refractivity (Wildman–Crippen MR) is 128 cm³/mol. The highest BCUT2D eigenvalue weighted by atomic mass is 27.2. The van der Waals surface area contributed by atoms with Crippen LogP contribution in [-0.2, 0) is 0 Å². The molecule has 0 fully saturated rings. The van der Waals surface area contributed by atoms with E-state index in [9.17, 15) is 13.2 Å². The van der Waals surface area contributed by atoms with Crippen molar-refractivity contribution >= 4 is 14.1 Å². The first-order valence-electron chi connectivity index (χ1n) is 11.1. The third kappa shape index (κ3) is 7.52. The summed E-state index contributed by atoms with van der Waals surface area (Å²) in [6.45, 7) is 6.66. The van der Waals surface area contributed by atoms with Crippen molar-refractivity contribution in [1.82, 2.24) is 0 Å². The van der Waals surface area contributed by atoms with E-state index in [0.717, 1.165) is 15.8 Å². The summed E-state index contributed by atoms with van der Waals surface area (Å²) >= 11 is -1.23. The van der Waals surface area contributed by atoms with E-state index in [-0.39, 0.29) is 22.9 Å². The lowest BCUT2D eigenvalue weighted by Gasteiger charge is -2.24. The van der Waals surface area contributed by atoms with Gasteiger partial charge in [-0.2, -0.15) is 0 Å². The second-order valence-corrected chi connectivity index (χ2v) is 12.1. The van der Waals surface area contributed by atoms with Crippen LogP contribution in [0.4, 0.5) is 13.2 Å². The highest BCUT2D eigenvalue weighted by Gasteiger charge is 2.26. The Balaban J connectivity index is 0.00000363. The highest BCUT2D eigenvalue weighted by Crippen LogP contribution is 2.33. The number of rotatable bonds is 9. The highest BCUT2D eigenvalue weighted by molar-refractivity contribution is 6.59. The van der Waals surface area contributed by atoms with Crippen LogP contribution in [0.1, 0.15) is 55.2 Å². The fourth-order valence-electron chi connectivity index (χ4n) is 4.57. The van der Waals surface area contributed by atoms with Crippen LogP contribution in [-0.4, -0.2) is 19.6 Å². The minimum Gasteiger partial charge on any atom is -0.412 e. The molecular formula is C27H32AlF3O. The minimum atomic E-state index is -1.23. The Morgan fingerprint density at radius 2 is 0.719 bits per heavy atom. The van der Waals surface area contributed by atoms with Gasteiger partial charge in [0.25, 0.3) is 14.1 Å². The first kappa shape index (κ1) is 26.2. The smallest absolute Gasteiger partial charge is 0.263 e. The summed E-state index contributed by atoms with van der Waals surface area (Å²) in [5, 5.41) is 3.34. The molecular weight excluding hydrogens is 424 g/mol. The maximum Gasteiger partial charge on any atom is 0.263 e. The molecule has 0 amide bonds. The molecule has 0 aromatic heterocycles. The zero-order chi connectivity index (χ0) is 22.4. The van der Waals surface area contributed by atoms with Gasteiger partial charge >= 0.3 is 0 Å². The Morgan fingerprint density at radius 1 is 0.500 bits per heavy atom. The fourth-order valence-corrected chi connectivity index (χ4v) is 8.96. The first-order chi connectivity index (χ1) is 14.8. The van der Waals surface area contributed by atoms with Crippen LogP contribution < -0.4 is 0 Å². The minimum absolute atomic E-state index is 0. The summed E-state index contributed by atoms with van der Waals surface area (Å²) in [7, 11) is 0. The van der Waals surface area contributed by atoms with Gasteiger partial charge in [0.05, 0.1) is 0 Å². The Morgan fingerprint density at radius 3 is 0.938 bits per heavy atom. The van der Waals surface area contributed by atoms with E-state index in [2.05, 4.69) is 20.8 Å². The van der Waals surface area contributed by atoms with Crippen LogP contribution in [0.5, 0.6) is 0 Å². The lowest BCUT2D eigenvalue weighted by Crippen LogP contribution is -2.20. The van der Waals surface area contributed by atoms with Gasteiger partial charge in [-0.05, 0) is 70.8 Å². The monoisotopic (exact) mass is 456 g/mol. The van der Waals surface area contributed by atoms with E-state index in [1.54, 1.807) is 0 Å². The van der Waals surface area contributed by atoms with Crippen LogP contribution in [0.2, 0.25) is 15.8 Å². The molecule has 0 saturated heterocycles. The van der Waals surface area contributed by atoms with E-state index in [1.807, 2.05) is 36.4 Å². The number of benzene rings is 3. The second kappa shape index (κ2) is 12.3. The molecule has 0 aliphatic carbocycles. The number of hydrogen-bond acceptors (Lipinski definition) is 0. The van der Waals surface area contributed by atoms with Gasteiger partial charge in [-0.25, -0.2) is 13.2 Å². The molecule has 0 radical (unpaired) electrons. The van der Waals surface area contributed by atoms with Gasteiger partial charge in [0, 0.05) is 0 Å². The van der Waals surface area contributed by atoms with E-state index >= 15 is 0 Å².